The summed E-state index contributed by atoms with van der Waals surface area (Å²) >= 11 is 0. The molecule has 0 radical (unpaired) electrons. The van der Waals surface area contributed by atoms with Crippen molar-refractivity contribution in [2.75, 3.05) is 17.2 Å². The van der Waals surface area contributed by atoms with Gasteiger partial charge in [0.25, 0.3) is 0 Å². The van der Waals surface area contributed by atoms with Gasteiger partial charge in [0, 0.05) is 18.3 Å². The molecule has 4 heteroatoms. The van der Waals surface area contributed by atoms with Crippen LogP contribution in [0, 0.1) is 23.5 Å². The molecule has 1 aromatic carbocycles. The number of anilines is 2. The quantitative estimate of drug-likeness (QED) is 0.778. The summed E-state index contributed by atoms with van der Waals surface area (Å²) in [6.07, 6.45) is 1.09. The van der Waals surface area contributed by atoms with Crippen LogP contribution in [0.3, 0.4) is 0 Å². The van der Waals surface area contributed by atoms with Crippen LogP contribution < -0.4 is 10.6 Å². The van der Waals surface area contributed by atoms with Crippen LogP contribution in [0.15, 0.2) is 12.1 Å². The van der Waals surface area contributed by atoms with Gasteiger partial charge in [0.2, 0.25) is 0 Å². The fourth-order valence-corrected chi connectivity index (χ4v) is 2.87. The lowest BCUT2D eigenvalue weighted by Crippen LogP contribution is -2.46. The molecule has 3 unspecified atom stereocenters. The van der Waals surface area contributed by atoms with Gasteiger partial charge in [-0.05, 0) is 37.3 Å². The second-order valence-corrected chi connectivity index (χ2v) is 5.54. The summed E-state index contributed by atoms with van der Waals surface area (Å²) in [6, 6.07) is 2.51. The number of halogens is 2. The molecular weight excluding hydrogens is 234 g/mol. The zero-order chi connectivity index (χ0) is 13.4. The third-order valence-electron chi connectivity index (χ3n) is 3.92. The molecule has 3 atom stereocenters. The first-order chi connectivity index (χ1) is 8.40. The predicted octanol–water partition coefficient (Wildman–Crippen LogP) is 3.42. The molecule has 1 aromatic rings. The third kappa shape index (κ3) is 2.28. The SMILES string of the molecule is CC1CC(C)C(C)N(c2c(F)cc(N)cc2F)C1. The van der Waals surface area contributed by atoms with Crippen LogP contribution >= 0.6 is 0 Å². The molecule has 0 saturated carbocycles. The molecule has 0 aromatic heterocycles. The van der Waals surface area contributed by atoms with E-state index in [2.05, 4.69) is 13.8 Å². The second-order valence-electron chi connectivity index (χ2n) is 5.54. The number of nitrogens with two attached hydrogens (primary N) is 1. The molecule has 1 aliphatic rings. The molecule has 2 N–H and O–H groups in total. The van der Waals surface area contributed by atoms with Crippen LogP contribution in [-0.2, 0) is 0 Å². The number of nitrogen functional groups attached to an aromatic ring is 1. The highest BCUT2D eigenvalue weighted by Crippen LogP contribution is 2.35. The van der Waals surface area contributed by atoms with Crippen molar-refractivity contribution in [3.63, 3.8) is 0 Å². The Kier molecular flexibility index (Phi) is 3.46. The molecule has 0 aliphatic carbocycles. The lowest BCUT2D eigenvalue weighted by atomic mass is 9.85. The van der Waals surface area contributed by atoms with Gasteiger partial charge in [-0.15, -0.1) is 0 Å². The molecule has 1 fully saturated rings. The minimum atomic E-state index is -0.569. The number of nitrogens with zero attached hydrogens (tertiary/aromatic N) is 1. The normalized spacial score (nSPS) is 28.5. The highest BCUT2D eigenvalue weighted by Gasteiger charge is 2.32. The Labute approximate surface area is 107 Å². The fraction of sp³-hybridized carbons (Fsp3) is 0.571. The lowest BCUT2D eigenvalue weighted by Gasteiger charge is -2.42. The predicted molar refractivity (Wildman–Crippen MR) is 70.5 cm³/mol. The molecule has 1 saturated heterocycles. The van der Waals surface area contributed by atoms with Crippen molar-refractivity contribution in [3.8, 4) is 0 Å². The summed E-state index contributed by atoms with van der Waals surface area (Å²) < 4.78 is 27.9. The molecule has 100 valence electrons. The smallest absolute Gasteiger partial charge is 0.151 e. The van der Waals surface area contributed by atoms with E-state index in [0.29, 0.717) is 18.4 Å². The van der Waals surface area contributed by atoms with Gasteiger partial charge in [0.15, 0.2) is 11.6 Å². The van der Waals surface area contributed by atoms with Gasteiger partial charge in [0.1, 0.15) is 5.69 Å². The first kappa shape index (κ1) is 13.1. The van der Waals surface area contributed by atoms with Crippen molar-refractivity contribution < 1.29 is 8.78 Å². The molecule has 18 heavy (non-hydrogen) atoms. The fourth-order valence-electron chi connectivity index (χ4n) is 2.87. The Balaban J connectivity index is 2.41. The average molecular weight is 254 g/mol. The molecule has 2 rings (SSSR count). The van der Waals surface area contributed by atoms with Crippen LogP contribution in [0.1, 0.15) is 27.2 Å². The first-order valence-corrected chi connectivity index (χ1v) is 6.41. The van der Waals surface area contributed by atoms with Gasteiger partial charge < -0.3 is 10.6 Å². The van der Waals surface area contributed by atoms with Crippen LogP contribution in [0.4, 0.5) is 20.2 Å². The Hall–Kier alpha value is -1.32. The number of hydrogen-bond acceptors (Lipinski definition) is 2. The maximum atomic E-state index is 14.0. The Morgan fingerprint density at radius 3 is 2.28 bits per heavy atom. The van der Waals surface area contributed by atoms with E-state index in [0.717, 1.165) is 6.42 Å². The molecular formula is C14H20F2N2. The van der Waals surface area contributed by atoms with Crippen molar-refractivity contribution in [1.29, 1.82) is 0 Å². The van der Waals surface area contributed by atoms with Crippen LogP contribution in [0.5, 0.6) is 0 Å². The monoisotopic (exact) mass is 254 g/mol. The van der Waals surface area contributed by atoms with Gasteiger partial charge in [-0.1, -0.05) is 13.8 Å². The highest BCUT2D eigenvalue weighted by molar-refractivity contribution is 5.56. The van der Waals surface area contributed by atoms with Gasteiger partial charge in [-0.2, -0.15) is 0 Å². The van der Waals surface area contributed by atoms with Gasteiger partial charge in [-0.3, -0.25) is 0 Å². The van der Waals surface area contributed by atoms with Crippen molar-refractivity contribution in [2.45, 2.75) is 33.2 Å². The van der Waals surface area contributed by atoms with Crippen molar-refractivity contribution >= 4 is 11.4 Å². The van der Waals surface area contributed by atoms with Crippen LogP contribution in [0.2, 0.25) is 0 Å². The largest absolute Gasteiger partial charge is 0.399 e. The average Bonchev–Trinajstić information content (AvgIpc) is 2.23. The van der Waals surface area contributed by atoms with E-state index in [-0.39, 0.29) is 17.4 Å². The molecule has 1 aliphatic heterocycles. The molecule has 1 heterocycles. The van der Waals surface area contributed by atoms with E-state index >= 15 is 0 Å². The van der Waals surface area contributed by atoms with Gasteiger partial charge in [-0.25, -0.2) is 8.78 Å². The Morgan fingerprint density at radius 2 is 1.72 bits per heavy atom. The Bertz CT molecular complexity index is 424. The van der Waals surface area contributed by atoms with Crippen molar-refractivity contribution in [2.24, 2.45) is 11.8 Å². The zero-order valence-corrected chi connectivity index (χ0v) is 11.1. The standard InChI is InChI=1S/C14H20F2N2/c1-8-4-9(2)10(3)18(7-8)14-12(15)5-11(17)6-13(14)16/h5-6,8-10H,4,7,17H2,1-3H3. The summed E-state index contributed by atoms with van der Waals surface area (Å²) in [4.78, 5) is 1.84. The van der Waals surface area contributed by atoms with Gasteiger partial charge in [0.05, 0.1) is 0 Å². The summed E-state index contributed by atoms with van der Waals surface area (Å²) in [5.41, 5.74) is 5.64. The maximum Gasteiger partial charge on any atom is 0.151 e. The van der Waals surface area contributed by atoms with E-state index in [4.69, 9.17) is 5.73 Å². The van der Waals surface area contributed by atoms with Crippen LogP contribution in [-0.4, -0.2) is 12.6 Å². The van der Waals surface area contributed by atoms with E-state index in [9.17, 15) is 8.78 Å². The topological polar surface area (TPSA) is 29.3 Å². The zero-order valence-electron chi connectivity index (χ0n) is 11.1. The van der Waals surface area contributed by atoms with E-state index in [1.54, 1.807) is 0 Å². The van der Waals surface area contributed by atoms with E-state index < -0.39 is 11.6 Å². The lowest BCUT2D eigenvalue weighted by molar-refractivity contribution is 0.293. The minimum absolute atomic E-state index is 0.0649. The third-order valence-corrected chi connectivity index (χ3v) is 3.92. The second kappa shape index (κ2) is 4.75. The van der Waals surface area contributed by atoms with Crippen molar-refractivity contribution in [3.05, 3.63) is 23.8 Å². The summed E-state index contributed by atoms with van der Waals surface area (Å²) in [5.74, 6) is -0.279. The highest BCUT2D eigenvalue weighted by atomic mass is 19.1. The van der Waals surface area contributed by atoms with E-state index in [1.807, 2.05) is 11.8 Å². The minimum Gasteiger partial charge on any atom is -0.399 e. The molecule has 0 bridgehead atoms. The molecule has 0 spiro atoms. The number of rotatable bonds is 1. The summed E-state index contributed by atoms with van der Waals surface area (Å²) in [7, 11) is 0. The van der Waals surface area contributed by atoms with Crippen LogP contribution in [0.25, 0.3) is 0 Å². The first-order valence-electron chi connectivity index (χ1n) is 6.41. The maximum absolute atomic E-state index is 14.0. The van der Waals surface area contributed by atoms with Gasteiger partial charge >= 0.3 is 0 Å². The number of hydrogen-bond donors (Lipinski definition) is 1. The van der Waals surface area contributed by atoms with E-state index in [1.165, 1.54) is 12.1 Å². The number of benzene rings is 1. The summed E-state index contributed by atoms with van der Waals surface area (Å²) in [6.45, 7) is 6.94. The summed E-state index contributed by atoms with van der Waals surface area (Å²) in [5, 5.41) is 0. The molecule has 2 nitrogen and oxygen atoms in total. The number of piperidine rings is 1. The molecule has 0 amide bonds. The van der Waals surface area contributed by atoms with Crippen molar-refractivity contribution in [1.82, 2.24) is 0 Å². The Morgan fingerprint density at radius 1 is 1.17 bits per heavy atom.